The third-order valence-electron chi connectivity index (χ3n) is 3.03. The molecule has 3 N–H and O–H groups in total. The summed E-state index contributed by atoms with van der Waals surface area (Å²) in [6.45, 7) is 4.06. The Bertz CT molecular complexity index is 562. The van der Waals surface area contributed by atoms with E-state index in [1.165, 1.54) is 0 Å². The number of hydrogen-bond acceptors (Lipinski definition) is 3. The minimum atomic E-state index is -0.570. The number of carbonyl (C=O) groups is 1. The van der Waals surface area contributed by atoms with E-state index in [1.807, 2.05) is 44.2 Å². The standard InChI is InChI=1S/C15H20N4O/c1-11(2)19-10-13(9-17-19)18-15(20)14(16)8-12-6-4-3-5-7-12/h3-7,9-11,14H,8,16H2,1-2H3,(H,18,20). The predicted octanol–water partition coefficient (Wildman–Crippen LogP) is 1.97. The van der Waals surface area contributed by atoms with Crippen LogP contribution >= 0.6 is 0 Å². The van der Waals surface area contributed by atoms with Crippen LogP contribution in [0.25, 0.3) is 0 Å². The summed E-state index contributed by atoms with van der Waals surface area (Å²) in [7, 11) is 0. The minimum Gasteiger partial charge on any atom is -0.322 e. The van der Waals surface area contributed by atoms with Crippen LogP contribution in [0.5, 0.6) is 0 Å². The molecule has 2 aromatic rings. The molecule has 2 rings (SSSR count). The van der Waals surface area contributed by atoms with Crippen LogP contribution in [-0.4, -0.2) is 21.7 Å². The van der Waals surface area contributed by atoms with Crippen LogP contribution in [0.3, 0.4) is 0 Å². The maximum atomic E-state index is 12.0. The van der Waals surface area contributed by atoms with E-state index >= 15 is 0 Å². The fraction of sp³-hybridized carbons (Fsp3) is 0.333. The zero-order chi connectivity index (χ0) is 14.5. The monoisotopic (exact) mass is 272 g/mol. The minimum absolute atomic E-state index is 0.197. The lowest BCUT2D eigenvalue weighted by atomic mass is 10.1. The van der Waals surface area contributed by atoms with Gasteiger partial charge >= 0.3 is 0 Å². The molecule has 1 unspecified atom stereocenters. The van der Waals surface area contributed by atoms with Crippen molar-refractivity contribution in [3.63, 3.8) is 0 Å². The molecule has 0 spiro atoms. The molecule has 0 aliphatic heterocycles. The Balaban J connectivity index is 1.93. The van der Waals surface area contributed by atoms with Gasteiger partial charge in [-0.2, -0.15) is 5.10 Å². The largest absolute Gasteiger partial charge is 0.322 e. The van der Waals surface area contributed by atoms with E-state index in [0.717, 1.165) is 5.56 Å². The molecule has 0 fully saturated rings. The van der Waals surface area contributed by atoms with E-state index in [-0.39, 0.29) is 11.9 Å². The number of anilines is 1. The lowest BCUT2D eigenvalue weighted by molar-refractivity contribution is -0.117. The lowest BCUT2D eigenvalue weighted by Gasteiger charge is -2.11. The van der Waals surface area contributed by atoms with E-state index in [2.05, 4.69) is 10.4 Å². The highest BCUT2D eigenvalue weighted by molar-refractivity contribution is 5.94. The smallest absolute Gasteiger partial charge is 0.241 e. The summed E-state index contributed by atoms with van der Waals surface area (Å²) in [6, 6.07) is 9.43. The van der Waals surface area contributed by atoms with Gasteiger partial charge in [0.1, 0.15) is 0 Å². The maximum absolute atomic E-state index is 12.0. The first-order valence-corrected chi connectivity index (χ1v) is 6.71. The van der Waals surface area contributed by atoms with Crippen molar-refractivity contribution < 1.29 is 4.79 Å². The molecule has 1 amide bonds. The van der Waals surface area contributed by atoms with Gasteiger partial charge in [-0.3, -0.25) is 9.48 Å². The van der Waals surface area contributed by atoms with E-state index in [9.17, 15) is 4.79 Å². The number of carbonyl (C=O) groups excluding carboxylic acids is 1. The molecule has 0 bridgehead atoms. The van der Waals surface area contributed by atoms with Crippen molar-refractivity contribution in [2.45, 2.75) is 32.4 Å². The van der Waals surface area contributed by atoms with Crippen molar-refractivity contribution in [2.75, 3.05) is 5.32 Å². The average molecular weight is 272 g/mol. The van der Waals surface area contributed by atoms with Gasteiger partial charge in [0.25, 0.3) is 0 Å². The molecule has 5 nitrogen and oxygen atoms in total. The summed E-state index contributed by atoms with van der Waals surface area (Å²) >= 11 is 0. The Labute approximate surface area is 118 Å². The van der Waals surface area contributed by atoms with Crippen LogP contribution in [0.4, 0.5) is 5.69 Å². The first kappa shape index (κ1) is 14.3. The van der Waals surface area contributed by atoms with Gasteiger partial charge < -0.3 is 11.1 Å². The van der Waals surface area contributed by atoms with Gasteiger partial charge in [-0.15, -0.1) is 0 Å². The van der Waals surface area contributed by atoms with Crippen molar-refractivity contribution in [2.24, 2.45) is 5.73 Å². The SMILES string of the molecule is CC(C)n1cc(NC(=O)C(N)Cc2ccccc2)cn1. The first-order chi connectivity index (χ1) is 9.56. The summed E-state index contributed by atoms with van der Waals surface area (Å²) < 4.78 is 1.79. The maximum Gasteiger partial charge on any atom is 0.241 e. The summed E-state index contributed by atoms with van der Waals surface area (Å²) in [5.74, 6) is -0.197. The Morgan fingerprint density at radius 3 is 2.65 bits per heavy atom. The summed E-state index contributed by atoms with van der Waals surface area (Å²) in [6.07, 6.45) is 3.95. The van der Waals surface area contributed by atoms with Gasteiger partial charge in [-0.05, 0) is 25.8 Å². The van der Waals surface area contributed by atoms with Crippen LogP contribution in [0.15, 0.2) is 42.7 Å². The molecule has 5 heteroatoms. The molecule has 20 heavy (non-hydrogen) atoms. The molecule has 1 atom stereocenters. The molecular weight excluding hydrogens is 252 g/mol. The average Bonchev–Trinajstić information content (AvgIpc) is 2.88. The van der Waals surface area contributed by atoms with E-state index < -0.39 is 6.04 Å². The van der Waals surface area contributed by atoms with Gasteiger partial charge in [0, 0.05) is 12.2 Å². The molecule has 0 aliphatic rings. The van der Waals surface area contributed by atoms with Crippen molar-refractivity contribution in [1.29, 1.82) is 0 Å². The number of nitrogens with zero attached hydrogens (tertiary/aromatic N) is 2. The fourth-order valence-corrected chi connectivity index (χ4v) is 1.88. The zero-order valence-corrected chi connectivity index (χ0v) is 11.8. The summed E-state index contributed by atoms with van der Waals surface area (Å²) in [4.78, 5) is 12.0. The van der Waals surface area contributed by atoms with Gasteiger partial charge in [0.05, 0.1) is 17.9 Å². The van der Waals surface area contributed by atoms with Gasteiger partial charge in [-0.1, -0.05) is 30.3 Å². The molecular formula is C15H20N4O. The highest BCUT2D eigenvalue weighted by Crippen LogP contribution is 2.10. The molecule has 1 aromatic carbocycles. The van der Waals surface area contributed by atoms with Crippen LogP contribution in [0.1, 0.15) is 25.5 Å². The van der Waals surface area contributed by atoms with Gasteiger partial charge in [0.2, 0.25) is 5.91 Å². The third-order valence-corrected chi connectivity index (χ3v) is 3.03. The fourth-order valence-electron chi connectivity index (χ4n) is 1.88. The Morgan fingerprint density at radius 1 is 1.35 bits per heavy atom. The second kappa shape index (κ2) is 6.34. The molecule has 0 radical (unpaired) electrons. The number of hydrogen-bond donors (Lipinski definition) is 2. The van der Waals surface area contributed by atoms with E-state index in [0.29, 0.717) is 12.1 Å². The van der Waals surface area contributed by atoms with Gasteiger partial charge in [-0.25, -0.2) is 0 Å². The molecule has 0 aliphatic carbocycles. The van der Waals surface area contributed by atoms with Crippen LogP contribution in [-0.2, 0) is 11.2 Å². The lowest BCUT2D eigenvalue weighted by Crippen LogP contribution is -2.37. The molecule has 1 heterocycles. The van der Waals surface area contributed by atoms with Gasteiger partial charge in [0.15, 0.2) is 0 Å². The van der Waals surface area contributed by atoms with Crippen molar-refractivity contribution in [1.82, 2.24) is 9.78 Å². The number of aromatic nitrogens is 2. The van der Waals surface area contributed by atoms with Crippen molar-refractivity contribution in [3.05, 3.63) is 48.3 Å². The zero-order valence-electron chi connectivity index (χ0n) is 11.8. The molecule has 0 saturated heterocycles. The summed E-state index contributed by atoms with van der Waals surface area (Å²) in [5.41, 5.74) is 7.65. The van der Waals surface area contributed by atoms with Crippen molar-refractivity contribution in [3.8, 4) is 0 Å². The Hall–Kier alpha value is -2.14. The van der Waals surface area contributed by atoms with E-state index in [1.54, 1.807) is 17.1 Å². The number of rotatable bonds is 5. The predicted molar refractivity (Wildman–Crippen MR) is 79.4 cm³/mol. The van der Waals surface area contributed by atoms with Crippen LogP contribution in [0, 0.1) is 0 Å². The normalized spacial score (nSPS) is 12.4. The highest BCUT2D eigenvalue weighted by atomic mass is 16.2. The summed E-state index contributed by atoms with van der Waals surface area (Å²) in [5, 5.41) is 6.96. The molecule has 106 valence electrons. The Kier molecular flexibility index (Phi) is 4.53. The topological polar surface area (TPSA) is 72.9 Å². The number of nitrogens with two attached hydrogens (primary N) is 1. The second-order valence-electron chi connectivity index (χ2n) is 5.09. The molecule has 0 saturated carbocycles. The first-order valence-electron chi connectivity index (χ1n) is 6.71. The number of nitrogens with one attached hydrogen (secondary N) is 1. The van der Waals surface area contributed by atoms with E-state index in [4.69, 9.17) is 5.73 Å². The number of amides is 1. The number of benzene rings is 1. The van der Waals surface area contributed by atoms with Crippen LogP contribution in [0.2, 0.25) is 0 Å². The third kappa shape index (κ3) is 3.68. The highest BCUT2D eigenvalue weighted by Gasteiger charge is 2.15. The molecule has 1 aromatic heterocycles. The second-order valence-corrected chi connectivity index (χ2v) is 5.09. The quantitative estimate of drug-likeness (QED) is 0.874. The van der Waals surface area contributed by atoms with Crippen molar-refractivity contribution >= 4 is 11.6 Å². The van der Waals surface area contributed by atoms with Crippen LogP contribution < -0.4 is 11.1 Å². The Morgan fingerprint density at radius 2 is 2.05 bits per heavy atom.